The minimum Gasteiger partial charge on any atom is -0.309 e. The summed E-state index contributed by atoms with van der Waals surface area (Å²) in [7, 11) is 0. The van der Waals surface area contributed by atoms with E-state index >= 15 is 0 Å². The van der Waals surface area contributed by atoms with Gasteiger partial charge in [0.05, 0.1) is 11.7 Å². The first-order valence-corrected chi connectivity index (χ1v) is 6.00. The fourth-order valence-electron chi connectivity index (χ4n) is 1.81. The molecule has 0 fully saturated rings. The Hall–Kier alpha value is -1.15. The lowest BCUT2D eigenvalue weighted by molar-refractivity contribution is 0.527. The highest BCUT2D eigenvalue weighted by atomic mass is 14.9. The number of nitrogens with one attached hydrogen (secondary N) is 1. The zero-order valence-electron chi connectivity index (χ0n) is 10.6. The van der Waals surface area contributed by atoms with Crippen LogP contribution in [0.1, 0.15) is 44.0 Å². The smallest absolute Gasteiger partial charge is 0.0605 e. The second-order valence-electron chi connectivity index (χ2n) is 4.12. The Morgan fingerprint density at radius 2 is 2.25 bits per heavy atom. The van der Waals surface area contributed by atoms with Crippen molar-refractivity contribution in [2.45, 2.75) is 39.7 Å². The first-order chi connectivity index (χ1) is 7.69. The average Bonchev–Trinajstić information content (AvgIpc) is 2.29. The SMILES string of the molecule is C=C(CC)CC(NCC)c1ncccc1C. The van der Waals surface area contributed by atoms with Crippen molar-refractivity contribution in [2.24, 2.45) is 0 Å². The maximum absolute atomic E-state index is 4.48. The number of pyridine rings is 1. The number of aryl methyl sites for hydroxylation is 1. The highest BCUT2D eigenvalue weighted by Crippen LogP contribution is 2.22. The fraction of sp³-hybridized carbons (Fsp3) is 0.500. The molecule has 0 amide bonds. The molecule has 1 aromatic rings. The van der Waals surface area contributed by atoms with Crippen LogP contribution >= 0.6 is 0 Å². The Kier molecular flexibility index (Phi) is 5.20. The Morgan fingerprint density at radius 1 is 1.50 bits per heavy atom. The topological polar surface area (TPSA) is 24.9 Å². The Balaban J connectivity index is 2.85. The first-order valence-electron chi connectivity index (χ1n) is 6.00. The van der Waals surface area contributed by atoms with E-state index in [2.05, 4.69) is 43.7 Å². The average molecular weight is 218 g/mol. The molecule has 88 valence electrons. The second-order valence-corrected chi connectivity index (χ2v) is 4.12. The van der Waals surface area contributed by atoms with Crippen LogP contribution in [-0.4, -0.2) is 11.5 Å². The van der Waals surface area contributed by atoms with Crippen LogP contribution in [0.25, 0.3) is 0 Å². The van der Waals surface area contributed by atoms with Gasteiger partial charge in [-0.3, -0.25) is 4.98 Å². The van der Waals surface area contributed by atoms with E-state index in [-0.39, 0.29) is 0 Å². The molecular formula is C14H22N2. The molecule has 2 nitrogen and oxygen atoms in total. The third kappa shape index (κ3) is 3.46. The van der Waals surface area contributed by atoms with Crippen LogP contribution in [0, 0.1) is 6.92 Å². The summed E-state index contributed by atoms with van der Waals surface area (Å²) < 4.78 is 0. The van der Waals surface area contributed by atoms with Gasteiger partial charge in [0.2, 0.25) is 0 Å². The predicted molar refractivity (Wildman–Crippen MR) is 69.4 cm³/mol. The van der Waals surface area contributed by atoms with Gasteiger partial charge in [-0.1, -0.05) is 32.1 Å². The molecule has 1 rings (SSSR count). The van der Waals surface area contributed by atoms with Crippen molar-refractivity contribution < 1.29 is 0 Å². The van der Waals surface area contributed by atoms with E-state index in [0.717, 1.165) is 25.1 Å². The third-order valence-electron chi connectivity index (χ3n) is 2.82. The number of hydrogen-bond acceptors (Lipinski definition) is 2. The van der Waals surface area contributed by atoms with E-state index in [1.807, 2.05) is 12.3 Å². The summed E-state index contributed by atoms with van der Waals surface area (Å²) in [6.45, 7) is 11.4. The second kappa shape index (κ2) is 6.44. The summed E-state index contributed by atoms with van der Waals surface area (Å²) in [5, 5.41) is 3.48. The Bertz CT molecular complexity index is 344. The van der Waals surface area contributed by atoms with Crippen molar-refractivity contribution in [1.29, 1.82) is 0 Å². The molecule has 1 N–H and O–H groups in total. The van der Waals surface area contributed by atoms with Crippen molar-refractivity contribution >= 4 is 0 Å². The molecule has 0 aliphatic carbocycles. The molecule has 0 bridgehead atoms. The minimum atomic E-state index is 0.304. The summed E-state index contributed by atoms with van der Waals surface area (Å²) >= 11 is 0. The highest BCUT2D eigenvalue weighted by Gasteiger charge is 2.14. The molecule has 0 aliphatic heterocycles. The van der Waals surface area contributed by atoms with Gasteiger partial charge in [0, 0.05) is 6.20 Å². The van der Waals surface area contributed by atoms with Crippen molar-refractivity contribution in [3.8, 4) is 0 Å². The van der Waals surface area contributed by atoms with Gasteiger partial charge < -0.3 is 5.32 Å². The summed E-state index contributed by atoms with van der Waals surface area (Å²) in [6, 6.07) is 4.40. The largest absolute Gasteiger partial charge is 0.309 e. The molecule has 1 aromatic heterocycles. The van der Waals surface area contributed by atoms with Gasteiger partial charge in [0.1, 0.15) is 0 Å². The number of aromatic nitrogens is 1. The Morgan fingerprint density at radius 3 is 2.81 bits per heavy atom. The molecule has 0 radical (unpaired) electrons. The van der Waals surface area contributed by atoms with Crippen molar-refractivity contribution in [1.82, 2.24) is 10.3 Å². The molecule has 1 atom stereocenters. The molecule has 0 saturated heterocycles. The summed E-state index contributed by atoms with van der Waals surface area (Å²) in [5.41, 5.74) is 3.67. The monoisotopic (exact) mass is 218 g/mol. The van der Waals surface area contributed by atoms with Gasteiger partial charge >= 0.3 is 0 Å². The molecule has 0 aliphatic rings. The third-order valence-corrected chi connectivity index (χ3v) is 2.82. The van der Waals surface area contributed by atoms with Gasteiger partial charge in [-0.25, -0.2) is 0 Å². The summed E-state index contributed by atoms with van der Waals surface area (Å²) in [6.07, 6.45) is 3.87. The molecular weight excluding hydrogens is 196 g/mol. The van der Waals surface area contributed by atoms with Gasteiger partial charge in [0.25, 0.3) is 0 Å². The predicted octanol–water partition coefficient (Wildman–Crippen LogP) is 3.40. The van der Waals surface area contributed by atoms with Crippen LogP contribution in [0.3, 0.4) is 0 Å². The van der Waals surface area contributed by atoms with Crippen LogP contribution in [0.2, 0.25) is 0 Å². The van der Waals surface area contributed by atoms with E-state index in [1.54, 1.807) is 0 Å². The van der Waals surface area contributed by atoms with Crippen LogP contribution in [0.5, 0.6) is 0 Å². The van der Waals surface area contributed by atoms with Crippen LogP contribution in [-0.2, 0) is 0 Å². The van der Waals surface area contributed by atoms with Gasteiger partial charge in [-0.15, -0.1) is 0 Å². The minimum absolute atomic E-state index is 0.304. The fourth-order valence-corrected chi connectivity index (χ4v) is 1.81. The van der Waals surface area contributed by atoms with Crippen LogP contribution < -0.4 is 5.32 Å². The Labute approximate surface area is 98.8 Å². The van der Waals surface area contributed by atoms with Gasteiger partial charge in [-0.2, -0.15) is 0 Å². The lowest BCUT2D eigenvalue weighted by atomic mass is 9.99. The van der Waals surface area contributed by atoms with Gasteiger partial charge in [-0.05, 0) is 37.9 Å². The van der Waals surface area contributed by atoms with Gasteiger partial charge in [0.15, 0.2) is 0 Å². The van der Waals surface area contributed by atoms with E-state index < -0.39 is 0 Å². The maximum atomic E-state index is 4.48. The van der Waals surface area contributed by atoms with E-state index in [9.17, 15) is 0 Å². The molecule has 1 heterocycles. The first kappa shape index (κ1) is 12.9. The maximum Gasteiger partial charge on any atom is 0.0605 e. The molecule has 0 spiro atoms. The summed E-state index contributed by atoms with van der Waals surface area (Å²) in [4.78, 5) is 4.48. The normalized spacial score (nSPS) is 12.4. The molecule has 0 aromatic carbocycles. The van der Waals surface area contributed by atoms with Crippen LogP contribution in [0.15, 0.2) is 30.5 Å². The van der Waals surface area contributed by atoms with E-state index in [1.165, 1.54) is 11.1 Å². The van der Waals surface area contributed by atoms with Crippen molar-refractivity contribution in [3.05, 3.63) is 41.7 Å². The number of rotatable bonds is 6. The molecule has 1 unspecified atom stereocenters. The molecule has 0 saturated carbocycles. The number of nitrogens with zero attached hydrogens (tertiary/aromatic N) is 1. The van der Waals surface area contributed by atoms with E-state index in [0.29, 0.717) is 6.04 Å². The standard InChI is InChI=1S/C14H22N2/c1-5-11(3)10-13(15-6-2)14-12(4)8-7-9-16-14/h7-9,13,15H,3,5-6,10H2,1-2,4H3. The zero-order chi connectivity index (χ0) is 12.0. The van der Waals surface area contributed by atoms with Crippen molar-refractivity contribution in [2.75, 3.05) is 6.54 Å². The zero-order valence-corrected chi connectivity index (χ0v) is 10.6. The highest BCUT2D eigenvalue weighted by molar-refractivity contribution is 5.22. The molecule has 16 heavy (non-hydrogen) atoms. The van der Waals surface area contributed by atoms with E-state index in [4.69, 9.17) is 0 Å². The number of hydrogen-bond donors (Lipinski definition) is 1. The van der Waals surface area contributed by atoms with Crippen LogP contribution in [0.4, 0.5) is 0 Å². The lowest BCUT2D eigenvalue weighted by Gasteiger charge is -2.19. The lowest BCUT2D eigenvalue weighted by Crippen LogP contribution is -2.23. The van der Waals surface area contributed by atoms with Crippen molar-refractivity contribution in [3.63, 3.8) is 0 Å². The molecule has 2 heteroatoms. The quantitative estimate of drug-likeness (QED) is 0.740. The summed E-state index contributed by atoms with van der Waals surface area (Å²) in [5.74, 6) is 0.